The van der Waals surface area contributed by atoms with Crippen LogP contribution >= 0.6 is 0 Å². The molecule has 0 spiro atoms. The zero-order valence-electron chi connectivity index (χ0n) is 23.8. The van der Waals surface area contributed by atoms with Crippen LogP contribution in [0.25, 0.3) is 45.9 Å². The van der Waals surface area contributed by atoms with Crippen LogP contribution in [0.5, 0.6) is 5.75 Å². The Hall–Kier alpha value is -4.38. The van der Waals surface area contributed by atoms with Gasteiger partial charge in [0.15, 0.2) is 0 Å². The number of aromatic amines is 2. The molecule has 208 valence electrons. The Morgan fingerprint density at radius 1 is 0.585 bits per heavy atom. The molecule has 0 fully saturated rings. The minimum Gasteiger partial charge on any atom is -0.494 e. The highest BCUT2D eigenvalue weighted by Gasteiger charge is 2.13. The molecule has 0 atom stereocenters. The van der Waals surface area contributed by atoms with Gasteiger partial charge in [-0.15, -0.1) is 0 Å². The van der Waals surface area contributed by atoms with Gasteiger partial charge >= 0.3 is 0 Å². The van der Waals surface area contributed by atoms with E-state index in [0.717, 1.165) is 74.8 Å². The number of unbranched alkanes of at least 4 members (excludes halogenated alkanes) is 7. The van der Waals surface area contributed by atoms with E-state index in [1.807, 2.05) is 12.2 Å². The molecule has 3 aromatic heterocycles. The van der Waals surface area contributed by atoms with Crippen LogP contribution in [0.4, 0.5) is 0 Å². The van der Waals surface area contributed by atoms with Crippen molar-refractivity contribution in [3.63, 3.8) is 0 Å². The van der Waals surface area contributed by atoms with Crippen LogP contribution in [0, 0.1) is 0 Å². The summed E-state index contributed by atoms with van der Waals surface area (Å²) in [6, 6.07) is 25.0. The summed E-state index contributed by atoms with van der Waals surface area (Å²) in [5, 5.41) is 0. The van der Waals surface area contributed by atoms with Crippen molar-refractivity contribution < 1.29 is 4.74 Å². The highest BCUT2D eigenvalue weighted by molar-refractivity contribution is 5.93. The Balaban J connectivity index is 1.22. The lowest BCUT2D eigenvalue weighted by atomic mass is 10.0. The van der Waals surface area contributed by atoms with E-state index in [1.54, 1.807) is 0 Å². The monoisotopic (exact) mass is 542 g/mol. The van der Waals surface area contributed by atoms with Gasteiger partial charge in [0.05, 0.1) is 29.4 Å². The topological polar surface area (TPSA) is 66.6 Å². The number of nitrogens with zero attached hydrogens (tertiary/aromatic N) is 2. The first kappa shape index (κ1) is 26.8. The van der Waals surface area contributed by atoms with Crippen molar-refractivity contribution in [3.05, 3.63) is 101 Å². The zero-order chi connectivity index (χ0) is 27.9. The summed E-state index contributed by atoms with van der Waals surface area (Å²) < 4.78 is 6.06. The fourth-order valence-corrected chi connectivity index (χ4v) is 5.40. The number of ether oxygens (including phenoxy) is 1. The maximum absolute atomic E-state index is 6.06. The number of nitrogens with one attached hydrogen (secondary N) is 2. The van der Waals surface area contributed by atoms with Crippen LogP contribution in [0.15, 0.2) is 72.8 Å². The van der Waals surface area contributed by atoms with Crippen LogP contribution in [0.1, 0.15) is 86.6 Å². The maximum Gasteiger partial charge on any atom is 0.119 e. The van der Waals surface area contributed by atoms with E-state index < -0.39 is 0 Å². The van der Waals surface area contributed by atoms with Crippen molar-refractivity contribution in [2.75, 3.05) is 6.61 Å². The predicted octanol–water partition coefficient (Wildman–Crippen LogP) is 9.59. The largest absolute Gasteiger partial charge is 0.494 e. The SMILES string of the molecule is CCCCCCCCCCOc1ccc(C2=Cc3cc4ccc(cc5nc(cc6ccc(cc2n3)[nH]6)C=C5)[nH]4)cc1. The summed E-state index contributed by atoms with van der Waals surface area (Å²) in [6.45, 7) is 3.04. The first-order valence-electron chi connectivity index (χ1n) is 15.0. The molecule has 2 aliphatic heterocycles. The molecule has 5 heterocycles. The van der Waals surface area contributed by atoms with E-state index in [2.05, 4.69) is 95.8 Å². The average molecular weight is 543 g/mol. The lowest BCUT2D eigenvalue weighted by Crippen LogP contribution is -1.97. The molecule has 5 nitrogen and oxygen atoms in total. The van der Waals surface area contributed by atoms with Gasteiger partial charge in [0, 0.05) is 27.6 Å². The van der Waals surface area contributed by atoms with E-state index >= 15 is 0 Å². The maximum atomic E-state index is 6.06. The van der Waals surface area contributed by atoms with Gasteiger partial charge in [-0.3, -0.25) is 0 Å². The fraction of sp³-hybridized carbons (Fsp3) is 0.278. The van der Waals surface area contributed by atoms with Crippen LogP contribution in [-0.2, 0) is 0 Å². The van der Waals surface area contributed by atoms with Crippen LogP contribution < -0.4 is 4.74 Å². The number of benzene rings is 1. The average Bonchev–Trinajstić information content (AvgIpc) is 3.78. The smallest absolute Gasteiger partial charge is 0.119 e. The molecule has 0 amide bonds. The minimum atomic E-state index is 0.771. The second-order valence-electron chi connectivity index (χ2n) is 10.9. The van der Waals surface area contributed by atoms with Gasteiger partial charge < -0.3 is 14.7 Å². The van der Waals surface area contributed by atoms with Crippen molar-refractivity contribution in [2.45, 2.75) is 58.3 Å². The van der Waals surface area contributed by atoms with Crippen LogP contribution in [0.3, 0.4) is 0 Å². The van der Waals surface area contributed by atoms with Gasteiger partial charge in [-0.25, -0.2) is 9.97 Å². The minimum absolute atomic E-state index is 0.771. The predicted molar refractivity (Wildman–Crippen MR) is 171 cm³/mol. The van der Waals surface area contributed by atoms with Gasteiger partial charge in [0.25, 0.3) is 0 Å². The first-order chi connectivity index (χ1) is 20.2. The van der Waals surface area contributed by atoms with Crippen molar-refractivity contribution >= 4 is 45.9 Å². The number of hydrogen-bond donors (Lipinski definition) is 2. The highest BCUT2D eigenvalue weighted by atomic mass is 16.5. The summed E-state index contributed by atoms with van der Waals surface area (Å²) in [4.78, 5) is 16.7. The molecule has 4 aromatic rings. The second kappa shape index (κ2) is 12.9. The summed E-state index contributed by atoms with van der Waals surface area (Å²) in [5.74, 6) is 0.919. The van der Waals surface area contributed by atoms with Gasteiger partial charge in [-0.2, -0.15) is 0 Å². The molecule has 0 saturated carbocycles. The van der Waals surface area contributed by atoms with Crippen LogP contribution in [-0.4, -0.2) is 26.5 Å². The van der Waals surface area contributed by atoms with E-state index in [0.29, 0.717) is 0 Å². The molecule has 1 aromatic carbocycles. The molecule has 0 saturated heterocycles. The van der Waals surface area contributed by atoms with Gasteiger partial charge in [-0.1, -0.05) is 64.0 Å². The fourth-order valence-electron chi connectivity index (χ4n) is 5.40. The van der Waals surface area contributed by atoms with Gasteiger partial charge in [-0.05, 0) is 90.9 Å². The van der Waals surface area contributed by atoms with E-state index in [1.165, 1.54) is 44.9 Å². The van der Waals surface area contributed by atoms with Gasteiger partial charge in [0.2, 0.25) is 0 Å². The van der Waals surface area contributed by atoms with E-state index in [4.69, 9.17) is 14.7 Å². The van der Waals surface area contributed by atoms with Crippen molar-refractivity contribution in [1.82, 2.24) is 19.9 Å². The summed E-state index contributed by atoms with van der Waals surface area (Å²) in [7, 11) is 0. The molecular formula is C36H38N4O. The highest BCUT2D eigenvalue weighted by Crippen LogP contribution is 2.30. The summed E-state index contributed by atoms with van der Waals surface area (Å²) in [6.07, 6.45) is 16.7. The third-order valence-electron chi connectivity index (χ3n) is 7.60. The Labute approximate surface area is 242 Å². The molecular weight excluding hydrogens is 504 g/mol. The first-order valence-corrected chi connectivity index (χ1v) is 15.0. The van der Waals surface area contributed by atoms with Crippen LogP contribution in [0.2, 0.25) is 0 Å². The lowest BCUT2D eigenvalue weighted by molar-refractivity contribution is 0.304. The quantitative estimate of drug-likeness (QED) is 0.160. The molecule has 2 aliphatic rings. The molecule has 0 radical (unpaired) electrons. The van der Waals surface area contributed by atoms with Crippen molar-refractivity contribution in [1.29, 1.82) is 0 Å². The Morgan fingerprint density at radius 3 is 1.78 bits per heavy atom. The molecule has 5 heteroatoms. The van der Waals surface area contributed by atoms with Crippen molar-refractivity contribution in [2.24, 2.45) is 0 Å². The Morgan fingerprint density at radius 2 is 1.15 bits per heavy atom. The Bertz CT molecular complexity index is 1710. The zero-order valence-corrected chi connectivity index (χ0v) is 23.8. The number of H-pyrrole nitrogens is 2. The summed E-state index contributed by atoms with van der Waals surface area (Å²) in [5.41, 5.74) is 9.92. The molecule has 8 bridgehead atoms. The van der Waals surface area contributed by atoms with Crippen molar-refractivity contribution in [3.8, 4) is 5.75 Å². The third-order valence-corrected chi connectivity index (χ3v) is 7.60. The molecule has 6 rings (SSSR count). The number of fused-ring (bicyclic) bond motifs is 8. The third kappa shape index (κ3) is 7.04. The second-order valence-corrected chi connectivity index (χ2v) is 10.9. The Kier molecular flexibility index (Phi) is 8.41. The number of aromatic nitrogens is 4. The molecule has 41 heavy (non-hydrogen) atoms. The van der Waals surface area contributed by atoms with Gasteiger partial charge in [0.1, 0.15) is 5.75 Å². The van der Waals surface area contributed by atoms with E-state index in [9.17, 15) is 0 Å². The molecule has 0 unspecified atom stereocenters. The number of rotatable bonds is 11. The molecule has 2 N–H and O–H groups in total. The summed E-state index contributed by atoms with van der Waals surface area (Å²) >= 11 is 0. The number of hydrogen-bond acceptors (Lipinski definition) is 3. The normalized spacial score (nSPS) is 12.5. The standard InChI is InChI=1S/C36H38N4O/c1-2-3-4-5-6-7-8-9-20-41-34-18-10-26(11-19-34)35-24-33-23-31-15-14-29(38-31)21-27-12-13-28(37-27)22-30-16-17-32(39-30)25-36(35)40-33/h10-19,21-25,38-39H,2-9,20H2,1H3. The molecule has 0 aliphatic carbocycles. The lowest BCUT2D eigenvalue weighted by Gasteiger charge is -2.08. The van der Waals surface area contributed by atoms with E-state index in [-0.39, 0.29) is 0 Å².